The molecule has 4 rings (SSSR count). The number of benzene rings is 3. The van der Waals surface area contributed by atoms with Crippen molar-refractivity contribution in [3.63, 3.8) is 0 Å². The van der Waals surface area contributed by atoms with Crippen LogP contribution in [0.4, 0.5) is 5.69 Å². The van der Waals surface area contributed by atoms with Crippen LogP contribution in [0.5, 0.6) is 11.5 Å². The maximum absolute atomic E-state index is 11.1. The van der Waals surface area contributed by atoms with E-state index < -0.39 is 5.97 Å². The van der Waals surface area contributed by atoms with Gasteiger partial charge in [-0.05, 0) is 59.9 Å². The predicted octanol–water partition coefficient (Wildman–Crippen LogP) is 6.59. The molecule has 0 radical (unpaired) electrons. The Hall–Kier alpha value is -2.69. The van der Waals surface area contributed by atoms with Gasteiger partial charge in [0, 0.05) is 6.54 Å². The number of anilines is 1. The maximum Gasteiger partial charge on any atom is 0.307 e. The fourth-order valence-electron chi connectivity index (χ4n) is 3.35. The van der Waals surface area contributed by atoms with Crippen molar-refractivity contribution in [1.82, 2.24) is 0 Å². The largest absolute Gasteiger partial charge is 0.481 e. The summed E-state index contributed by atoms with van der Waals surface area (Å²) in [6.45, 7) is 0.520. The van der Waals surface area contributed by atoms with Gasteiger partial charge in [0.05, 0.1) is 21.7 Å². The van der Waals surface area contributed by atoms with Crippen LogP contribution in [0.1, 0.15) is 23.5 Å². The number of para-hydroxylation sites is 1. The Morgan fingerprint density at radius 2 is 1.69 bits per heavy atom. The standard InChI is InChI=1S/C23H19Cl2NO3/c24-20-10-15(18-12-19(18)23(27)28)11-21(25)22(20)26-13-14-5-4-8-17(9-14)29-16-6-2-1-3-7-16/h1-11,18-19,26H,12-13H2,(H,27,28)/t18-,19+/m1/s1. The summed E-state index contributed by atoms with van der Waals surface area (Å²) in [6, 6.07) is 21.0. The molecule has 4 nitrogen and oxygen atoms in total. The minimum Gasteiger partial charge on any atom is -0.481 e. The van der Waals surface area contributed by atoms with Crippen LogP contribution in [0.25, 0.3) is 0 Å². The number of rotatable bonds is 7. The fraction of sp³-hybridized carbons (Fsp3) is 0.174. The van der Waals surface area contributed by atoms with Gasteiger partial charge in [-0.2, -0.15) is 0 Å². The summed E-state index contributed by atoms with van der Waals surface area (Å²) in [7, 11) is 0. The van der Waals surface area contributed by atoms with E-state index in [-0.39, 0.29) is 11.8 Å². The van der Waals surface area contributed by atoms with Crippen LogP contribution in [-0.4, -0.2) is 11.1 Å². The molecule has 6 heteroatoms. The molecule has 1 aliphatic rings. The summed E-state index contributed by atoms with van der Waals surface area (Å²) in [5.74, 6) is 0.397. The van der Waals surface area contributed by atoms with Crippen molar-refractivity contribution in [3.8, 4) is 11.5 Å². The van der Waals surface area contributed by atoms with Gasteiger partial charge in [-0.1, -0.05) is 53.5 Å². The van der Waals surface area contributed by atoms with Gasteiger partial charge < -0.3 is 15.2 Å². The van der Waals surface area contributed by atoms with E-state index in [2.05, 4.69) is 5.32 Å². The molecule has 0 unspecified atom stereocenters. The van der Waals surface area contributed by atoms with Gasteiger partial charge in [-0.25, -0.2) is 0 Å². The number of carbonyl (C=O) groups is 1. The Bertz CT molecular complexity index is 1020. The lowest BCUT2D eigenvalue weighted by molar-refractivity contribution is -0.138. The molecule has 1 fully saturated rings. The zero-order valence-electron chi connectivity index (χ0n) is 15.4. The molecule has 0 aliphatic heterocycles. The number of halogens is 2. The van der Waals surface area contributed by atoms with Gasteiger partial charge in [-0.3, -0.25) is 4.79 Å². The highest BCUT2D eigenvalue weighted by atomic mass is 35.5. The monoisotopic (exact) mass is 427 g/mol. The number of hydrogen-bond donors (Lipinski definition) is 2. The van der Waals surface area contributed by atoms with Crippen LogP contribution in [0.15, 0.2) is 66.7 Å². The molecule has 0 aromatic heterocycles. The summed E-state index contributed by atoms with van der Waals surface area (Å²) < 4.78 is 5.87. The average Bonchev–Trinajstić information content (AvgIpc) is 3.50. The first-order valence-corrected chi connectivity index (χ1v) is 10.0. The minimum atomic E-state index is -0.776. The molecular formula is C23H19Cl2NO3. The van der Waals surface area contributed by atoms with E-state index in [4.69, 9.17) is 33.0 Å². The number of carboxylic acids is 1. The Morgan fingerprint density at radius 1 is 1.00 bits per heavy atom. The van der Waals surface area contributed by atoms with Crippen LogP contribution in [0.3, 0.4) is 0 Å². The Balaban J connectivity index is 1.44. The molecule has 0 heterocycles. The van der Waals surface area contributed by atoms with Crippen molar-refractivity contribution < 1.29 is 14.6 Å². The van der Waals surface area contributed by atoms with Gasteiger partial charge in [0.25, 0.3) is 0 Å². The van der Waals surface area contributed by atoms with Gasteiger partial charge in [-0.15, -0.1) is 0 Å². The molecule has 3 aromatic rings. The van der Waals surface area contributed by atoms with Crippen molar-refractivity contribution >= 4 is 34.9 Å². The van der Waals surface area contributed by atoms with Crippen LogP contribution in [0, 0.1) is 5.92 Å². The van der Waals surface area contributed by atoms with E-state index in [1.54, 1.807) is 12.1 Å². The third-order valence-corrected chi connectivity index (χ3v) is 5.54. The highest BCUT2D eigenvalue weighted by molar-refractivity contribution is 6.39. The number of ether oxygens (including phenoxy) is 1. The first-order valence-electron chi connectivity index (χ1n) is 9.28. The minimum absolute atomic E-state index is 0.0108. The van der Waals surface area contributed by atoms with Crippen molar-refractivity contribution in [2.45, 2.75) is 18.9 Å². The molecule has 0 bridgehead atoms. The van der Waals surface area contributed by atoms with Crippen LogP contribution in [-0.2, 0) is 11.3 Å². The van der Waals surface area contributed by atoms with E-state index in [0.29, 0.717) is 28.7 Å². The molecule has 1 aliphatic carbocycles. The molecule has 3 aromatic carbocycles. The summed E-state index contributed by atoms with van der Waals surface area (Å²) >= 11 is 12.8. The smallest absolute Gasteiger partial charge is 0.307 e. The summed E-state index contributed by atoms with van der Waals surface area (Å²) in [5.41, 5.74) is 2.53. The molecule has 29 heavy (non-hydrogen) atoms. The highest BCUT2D eigenvalue weighted by Gasteiger charge is 2.44. The lowest BCUT2D eigenvalue weighted by Crippen LogP contribution is -2.02. The van der Waals surface area contributed by atoms with Gasteiger partial charge >= 0.3 is 5.97 Å². The molecular weight excluding hydrogens is 409 g/mol. The number of carboxylic acid groups (broad SMARTS) is 1. The van der Waals surface area contributed by atoms with Crippen molar-refractivity contribution in [2.24, 2.45) is 5.92 Å². The zero-order chi connectivity index (χ0) is 20.4. The van der Waals surface area contributed by atoms with Crippen LogP contribution >= 0.6 is 23.2 Å². The first kappa shape index (κ1) is 19.6. The average molecular weight is 428 g/mol. The third kappa shape index (κ3) is 4.66. The molecule has 2 N–H and O–H groups in total. The quantitative estimate of drug-likeness (QED) is 0.446. The lowest BCUT2D eigenvalue weighted by atomic mass is 10.1. The summed E-state index contributed by atoms with van der Waals surface area (Å²) in [6.07, 6.45) is 0.628. The number of aliphatic carboxylic acids is 1. The van der Waals surface area contributed by atoms with Crippen LogP contribution < -0.4 is 10.1 Å². The second-order valence-electron chi connectivity index (χ2n) is 7.06. The van der Waals surface area contributed by atoms with E-state index in [9.17, 15) is 4.79 Å². The predicted molar refractivity (Wildman–Crippen MR) is 115 cm³/mol. The molecule has 1 saturated carbocycles. The second-order valence-corrected chi connectivity index (χ2v) is 7.88. The van der Waals surface area contributed by atoms with Crippen LogP contribution in [0.2, 0.25) is 10.0 Å². The van der Waals surface area contributed by atoms with E-state index in [1.807, 2.05) is 54.6 Å². The van der Waals surface area contributed by atoms with E-state index >= 15 is 0 Å². The van der Waals surface area contributed by atoms with Gasteiger partial charge in [0.1, 0.15) is 11.5 Å². The molecule has 0 spiro atoms. The van der Waals surface area contributed by atoms with Crippen molar-refractivity contribution in [2.75, 3.05) is 5.32 Å². The van der Waals surface area contributed by atoms with E-state index in [0.717, 1.165) is 22.6 Å². The van der Waals surface area contributed by atoms with Crippen molar-refractivity contribution in [1.29, 1.82) is 0 Å². The van der Waals surface area contributed by atoms with E-state index in [1.165, 1.54) is 0 Å². The molecule has 2 atom stereocenters. The summed E-state index contributed by atoms with van der Waals surface area (Å²) in [5, 5.41) is 13.4. The first-order chi connectivity index (χ1) is 14.0. The second kappa shape index (κ2) is 8.36. The maximum atomic E-state index is 11.1. The van der Waals surface area contributed by atoms with Gasteiger partial charge in [0.2, 0.25) is 0 Å². The van der Waals surface area contributed by atoms with Gasteiger partial charge in [0.15, 0.2) is 0 Å². The third-order valence-electron chi connectivity index (χ3n) is 4.95. The molecule has 148 valence electrons. The Kier molecular flexibility index (Phi) is 5.65. The van der Waals surface area contributed by atoms with Crippen molar-refractivity contribution in [3.05, 3.63) is 87.9 Å². The highest BCUT2D eigenvalue weighted by Crippen LogP contribution is 2.49. The SMILES string of the molecule is O=C(O)[C@H]1C[C@@H]1c1cc(Cl)c(NCc2cccc(Oc3ccccc3)c2)c(Cl)c1. The topological polar surface area (TPSA) is 58.6 Å². The normalized spacial score (nSPS) is 17.6. The Morgan fingerprint density at radius 3 is 2.34 bits per heavy atom. The Labute approximate surface area is 179 Å². The zero-order valence-corrected chi connectivity index (χ0v) is 17.0. The molecule has 0 amide bonds. The summed E-state index contributed by atoms with van der Waals surface area (Å²) in [4.78, 5) is 11.1. The fourth-order valence-corrected chi connectivity index (χ4v) is 3.98. The number of nitrogens with one attached hydrogen (secondary N) is 1. The number of hydrogen-bond acceptors (Lipinski definition) is 3. The molecule has 0 saturated heterocycles. The lowest BCUT2D eigenvalue weighted by Gasteiger charge is -2.13.